The third-order valence-electron chi connectivity index (χ3n) is 6.34. The van der Waals surface area contributed by atoms with Crippen LogP contribution in [-0.4, -0.2) is 25.5 Å². The van der Waals surface area contributed by atoms with E-state index in [2.05, 4.69) is 17.6 Å². The molecule has 3 nitrogen and oxygen atoms in total. The molecule has 1 heterocycles. The van der Waals surface area contributed by atoms with Crippen LogP contribution in [0.25, 0.3) is 0 Å². The van der Waals surface area contributed by atoms with Crippen LogP contribution in [0.5, 0.6) is 0 Å². The molecule has 1 saturated heterocycles. The lowest BCUT2D eigenvalue weighted by atomic mass is 9.78. The van der Waals surface area contributed by atoms with Gasteiger partial charge in [-0.15, -0.1) is 0 Å². The van der Waals surface area contributed by atoms with Gasteiger partial charge in [-0.1, -0.05) is 31.9 Å². The van der Waals surface area contributed by atoms with Gasteiger partial charge in [-0.05, 0) is 68.3 Å². The number of hydrogen-bond acceptors (Lipinski definition) is 2. The van der Waals surface area contributed by atoms with Crippen LogP contribution in [-0.2, 0) is 10.2 Å². The van der Waals surface area contributed by atoms with E-state index in [1.807, 2.05) is 12.1 Å². The van der Waals surface area contributed by atoms with Gasteiger partial charge in [-0.2, -0.15) is 0 Å². The Kier molecular flexibility index (Phi) is 6.10. The molecule has 0 bridgehead atoms. The van der Waals surface area contributed by atoms with Crippen molar-refractivity contribution in [3.05, 3.63) is 35.6 Å². The average Bonchev–Trinajstić information content (AvgIpc) is 3.11. The van der Waals surface area contributed by atoms with Gasteiger partial charge in [0.1, 0.15) is 5.82 Å². The van der Waals surface area contributed by atoms with Gasteiger partial charge in [-0.3, -0.25) is 4.79 Å². The molecule has 4 heteroatoms. The Labute approximate surface area is 150 Å². The molecule has 1 unspecified atom stereocenters. The van der Waals surface area contributed by atoms with Gasteiger partial charge in [0.15, 0.2) is 0 Å². The van der Waals surface area contributed by atoms with Gasteiger partial charge in [0.05, 0.1) is 0 Å². The summed E-state index contributed by atoms with van der Waals surface area (Å²) in [5.74, 6) is 1.06. The monoisotopic (exact) mass is 346 g/mol. The van der Waals surface area contributed by atoms with Crippen molar-refractivity contribution in [1.82, 2.24) is 10.6 Å². The highest BCUT2D eigenvalue weighted by Crippen LogP contribution is 2.40. The lowest BCUT2D eigenvalue weighted by molar-refractivity contribution is -0.122. The molecule has 0 aromatic heterocycles. The molecule has 1 aliphatic heterocycles. The zero-order valence-electron chi connectivity index (χ0n) is 15.3. The molecule has 1 aromatic rings. The topological polar surface area (TPSA) is 41.1 Å². The van der Waals surface area contributed by atoms with E-state index in [-0.39, 0.29) is 17.1 Å². The van der Waals surface area contributed by atoms with Gasteiger partial charge in [0.2, 0.25) is 5.91 Å². The van der Waals surface area contributed by atoms with E-state index >= 15 is 0 Å². The van der Waals surface area contributed by atoms with E-state index < -0.39 is 0 Å². The first kappa shape index (κ1) is 18.4. The summed E-state index contributed by atoms with van der Waals surface area (Å²) in [7, 11) is 0. The van der Waals surface area contributed by atoms with Gasteiger partial charge >= 0.3 is 0 Å². The van der Waals surface area contributed by atoms with Crippen LogP contribution < -0.4 is 10.6 Å². The molecule has 2 fully saturated rings. The number of benzene rings is 1. The Morgan fingerprint density at radius 2 is 1.88 bits per heavy atom. The van der Waals surface area contributed by atoms with Crippen molar-refractivity contribution in [2.24, 2.45) is 11.8 Å². The Morgan fingerprint density at radius 3 is 2.52 bits per heavy atom. The number of piperidine rings is 1. The first-order valence-electron chi connectivity index (χ1n) is 9.82. The summed E-state index contributed by atoms with van der Waals surface area (Å²) in [6, 6.07) is 6.86. The molecule has 25 heavy (non-hydrogen) atoms. The number of carbonyl (C=O) groups is 1. The summed E-state index contributed by atoms with van der Waals surface area (Å²) < 4.78 is 13.3. The largest absolute Gasteiger partial charge is 0.355 e. The molecule has 0 radical (unpaired) electrons. The van der Waals surface area contributed by atoms with Crippen LogP contribution in [0.3, 0.4) is 0 Å². The summed E-state index contributed by atoms with van der Waals surface area (Å²) in [5, 5.41) is 6.59. The zero-order chi connectivity index (χ0) is 17.7. The molecule has 2 N–H and O–H groups in total. The van der Waals surface area contributed by atoms with E-state index in [1.165, 1.54) is 37.8 Å². The smallest absolute Gasteiger partial charge is 0.220 e. The predicted molar refractivity (Wildman–Crippen MR) is 98.9 cm³/mol. The predicted octanol–water partition coefficient (Wildman–Crippen LogP) is 3.78. The minimum Gasteiger partial charge on any atom is -0.355 e. The fourth-order valence-electron chi connectivity index (χ4n) is 4.64. The van der Waals surface area contributed by atoms with Gasteiger partial charge in [0.25, 0.3) is 0 Å². The third-order valence-corrected chi connectivity index (χ3v) is 6.34. The highest BCUT2D eigenvalue weighted by atomic mass is 19.1. The standard InChI is InChI=1S/C21H31FN2O/c1-16(17-8-12-23-13-9-17)14-20(25)24-15-21(10-2-3-11-21)18-4-6-19(22)7-5-18/h4-7,16-17,23H,2-3,8-15H2,1H3,(H,24,25). The first-order chi connectivity index (χ1) is 12.1. The van der Waals surface area contributed by atoms with Crippen molar-refractivity contribution in [2.75, 3.05) is 19.6 Å². The SMILES string of the molecule is CC(CC(=O)NCC1(c2ccc(F)cc2)CCCC1)C1CCNCC1. The average molecular weight is 346 g/mol. The summed E-state index contributed by atoms with van der Waals surface area (Å²) in [5.41, 5.74) is 1.15. The first-order valence-corrected chi connectivity index (χ1v) is 9.82. The summed E-state index contributed by atoms with van der Waals surface area (Å²) in [4.78, 5) is 12.5. The summed E-state index contributed by atoms with van der Waals surface area (Å²) in [6.45, 7) is 5.03. The van der Waals surface area contributed by atoms with E-state index in [0.29, 0.717) is 24.8 Å². The molecule has 1 atom stereocenters. The Hall–Kier alpha value is -1.42. The maximum absolute atomic E-state index is 13.3. The van der Waals surface area contributed by atoms with Crippen LogP contribution in [0.4, 0.5) is 4.39 Å². The molecule has 1 saturated carbocycles. The second kappa shape index (κ2) is 8.31. The van der Waals surface area contributed by atoms with Crippen molar-refractivity contribution < 1.29 is 9.18 Å². The molecule has 138 valence electrons. The Bertz CT molecular complexity index is 560. The molecule has 1 aromatic carbocycles. The maximum Gasteiger partial charge on any atom is 0.220 e. The molecule has 3 rings (SSSR count). The fourth-order valence-corrected chi connectivity index (χ4v) is 4.64. The number of hydrogen-bond donors (Lipinski definition) is 2. The van der Waals surface area contributed by atoms with E-state index in [9.17, 15) is 9.18 Å². The van der Waals surface area contributed by atoms with E-state index in [0.717, 1.165) is 31.5 Å². The van der Waals surface area contributed by atoms with Gasteiger partial charge in [-0.25, -0.2) is 4.39 Å². The number of halogens is 1. The third kappa shape index (κ3) is 4.60. The summed E-state index contributed by atoms with van der Waals surface area (Å²) in [6.07, 6.45) is 7.47. The molecular weight excluding hydrogens is 315 g/mol. The van der Waals surface area contributed by atoms with E-state index in [1.54, 1.807) is 0 Å². The molecule has 0 spiro atoms. The highest BCUT2D eigenvalue weighted by molar-refractivity contribution is 5.76. The molecule has 1 amide bonds. The molecule has 1 aliphatic carbocycles. The van der Waals surface area contributed by atoms with Gasteiger partial charge < -0.3 is 10.6 Å². The van der Waals surface area contributed by atoms with Crippen molar-refractivity contribution in [1.29, 1.82) is 0 Å². The van der Waals surface area contributed by atoms with Crippen LogP contribution in [0.2, 0.25) is 0 Å². The van der Waals surface area contributed by atoms with Crippen molar-refractivity contribution in [3.63, 3.8) is 0 Å². The highest BCUT2D eigenvalue weighted by Gasteiger charge is 2.36. The quantitative estimate of drug-likeness (QED) is 0.823. The van der Waals surface area contributed by atoms with Crippen LogP contribution in [0.1, 0.15) is 57.4 Å². The Balaban J connectivity index is 1.56. The number of amides is 1. The van der Waals surface area contributed by atoms with Crippen molar-refractivity contribution in [2.45, 2.75) is 57.3 Å². The molecular formula is C21H31FN2O. The minimum absolute atomic E-state index is 0.0125. The minimum atomic E-state index is -0.197. The molecule has 2 aliphatic rings. The lowest BCUT2D eigenvalue weighted by Gasteiger charge is -2.31. The second-order valence-electron chi connectivity index (χ2n) is 8.04. The summed E-state index contributed by atoms with van der Waals surface area (Å²) >= 11 is 0. The maximum atomic E-state index is 13.3. The normalized spacial score (nSPS) is 21.8. The number of rotatable bonds is 6. The van der Waals surface area contributed by atoms with Gasteiger partial charge in [0, 0.05) is 18.4 Å². The lowest BCUT2D eigenvalue weighted by Crippen LogP contribution is -2.40. The second-order valence-corrected chi connectivity index (χ2v) is 8.04. The fraction of sp³-hybridized carbons (Fsp3) is 0.667. The zero-order valence-corrected chi connectivity index (χ0v) is 15.3. The van der Waals surface area contributed by atoms with Crippen LogP contribution >= 0.6 is 0 Å². The van der Waals surface area contributed by atoms with Crippen molar-refractivity contribution >= 4 is 5.91 Å². The van der Waals surface area contributed by atoms with E-state index in [4.69, 9.17) is 0 Å². The Morgan fingerprint density at radius 1 is 1.24 bits per heavy atom. The number of nitrogens with one attached hydrogen (secondary N) is 2. The van der Waals surface area contributed by atoms with Crippen LogP contribution in [0.15, 0.2) is 24.3 Å². The number of carbonyl (C=O) groups excluding carboxylic acids is 1. The van der Waals surface area contributed by atoms with Crippen molar-refractivity contribution in [3.8, 4) is 0 Å². The van der Waals surface area contributed by atoms with Crippen LogP contribution in [0, 0.1) is 17.7 Å².